The monoisotopic (exact) mass is 236 g/mol. The van der Waals surface area contributed by atoms with Crippen molar-refractivity contribution in [3.63, 3.8) is 0 Å². The summed E-state index contributed by atoms with van der Waals surface area (Å²) in [6.07, 6.45) is 0.257. The second-order valence-corrected chi connectivity index (χ2v) is 3.58. The van der Waals surface area contributed by atoms with Crippen molar-refractivity contribution in [3.05, 3.63) is 35.9 Å². The van der Waals surface area contributed by atoms with E-state index in [1.54, 1.807) is 0 Å². The molecule has 1 atom stereocenters. The van der Waals surface area contributed by atoms with Gasteiger partial charge in [-0.15, -0.1) is 0 Å². The zero-order valence-electron chi connectivity index (χ0n) is 9.34. The molecule has 6 heteroatoms. The fourth-order valence-electron chi connectivity index (χ4n) is 1.56. The molecular weight excluding hydrogens is 220 g/mol. The van der Waals surface area contributed by atoms with Crippen molar-refractivity contribution < 1.29 is 9.90 Å². The van der Waals surface area contributed by atoms with Crippen LogP contribution in [0.4, 0.5) is 0 Å². The number of hydrogen-bond acceptors (Lipinski definition) is 3. The predicted octanol–water partition coefficient (Wildman–Crippen LogP) is -0.206. The number of carbonyl (C=O) groups is 1. The van der Waals surface area contributed by atoms with E-state index in [-0.39, 0.29) is 19.0 Å². The lowest BCUT2D eigenvalue weighted by atomic mass is 10.1. The number of nitrogens with one attached hydrogen (secondary N) is 1. The molecule has 0 aliphatic carbocycles. The van der Waals surface area contributed by atoms with Gasteiger partial charge in [0.25, 0.3) is 0 Å². The van der Waals surface area contributed by atoms with Crippen LogP contribution < -0.4 is 11.5 Å². The standard InChI is InChI=1S/C11H16N4O2/c12-7-15(11(13)14)9(10(16)17)6-8-4-2-1-3-5-8/h1-5,9H,6-7,12H2,(H3,13,14)(H,16,17)/t9-/m0/s1. The van der Waals surface area contributed by atoms with Gasteiger partial charge in [-0.05, 0) is 5.56 Å². The van der Waals surface area contributed by atoms with Gasteiger partial charge in [0.1, 0.15) is 6.04 Å². The Morgan fingerprint density at radius 3 is 2.41 bits per heavy atom. The van der Waals surface area contributed by atoms with Gasteiger partial charge in [0, 0.05) is 6.42 Å². The first kappa shape index (κ1) is 13.0. The Labute approximate surface area is 99.3 Å². The number of hydrogen-bond donors (Lipinski definition) is 4. The number of nitrogens with two attached hydrogens (primary N) is 2. The van der Waals surface area contributed by atoms with Gasteiger partial charge < -0.3 is 21.5 Å². The first-order valence-corrected chi connectivity index (χ1v) is 5.13. The highest BCUT2D eigenvalue weighted by Gasteiger charge is 2.25. The van der Waals surface area contributed by atoms with Crippen LogP contribution in [0.1, 0.15) is 5.56 Å². The Hall–Kier alpha value is -2.08. The third kappa shape index (κ3) is 3.46. The molecule has 0 saturated heterocycles. The summed E-state index contributed by atoms with van der Waals surface area (Å²) in [5, 5.41) is 16.4. The van der Waals surface area contributed by atoms with Crippen LogP contribution in [0.2, 0.25) is 0 Å². The molecule has 0 saturated carbocycles. The highest BCUT2D eigenvalue weighted by Crippen LogP contribution is 2.08. The fraction of sp³-hybridized carbons (Fsp3) is 0.273. The van der Waals surface area contributed by atoms with Crippen LogP contribution in [-0.2, 0) is 11.2 Å². The lowest BCUT2D eigenvalue weighted by molar-refractivity contribution is -0.141. The molecule has 0 fully saturated rings. The molecule has 1 aromatic rings. The molecule has 6 N–H and O–H groups in total. The molecule has 0 bridgehead atoms. The molecule has 1 rings (SSSR count). The van der Waals surface area contributed by atoms with Gasteiger partial charge in [0.05, 0.1) is 6.67 Å². The lowest BCUT2D eigenvalue weighted by Gasteiger charge is -2.27. The molecule has 17 heavy (non-hydrogen) atoms. The highest BCUT2D eigenvalue weighted by molar-refractivity contribution is 5.83. The van der Waals surface area contributed by atoms with E-state index in [9.17, 15) is 4.79 Å². The summed E-state index contributed by atoms with van der Waals surface area (Å²) in [7, 11) is 0. The second kappa shape index (κ2) is 5.86. The zero-order valence-corrected chi connectivity index (χ0v) is 9.34. The topological polar surface area (TPSA) is 116 Å². The number of carboxylic acids is 1. The van der Waals surface area contributed by atoms with Crippen LogP contribution in [0, 0.1) is 5.41 Å². The molecule has 0 aromatic heterocycles. The maximum Gasteiger partial charge on any atom is 0.326 e. The third-order valence-electron chi connectivity index (χ3n) is 2.44. The van der Waals surface area contributed by atoms with E-state index in [0.717, 1.165) is 10.5 Å². The van der Waals surface area contributed by atoms with Crippen LogP contribution in [0.15, 0.2) is 30.3 Å². The van der Waals surface area contributed by atoms with E-state index >= 15 is 0 Å². The fourth-order valence-corrected chi connectivity index (χ4v) is 1.56. The molecule has 0 aliphatic heterocycles. The Morgan fingerprint density at radius 2 is 2.00 bits per heavy atom. The predicted molar refractivity (Wildman–Crippen MR) is 64.4 cm³/mol. The van der Waals surface area contributed by atoms with Crippen LogP contribution in [0.5, 0.6) is 0 Å². The normalized spacial score (nSPS) is 11.8. The molecule has 0 radical (unpaired) electrons. The zero-order chi connectivity index (χ0) is 12.8. The minimum absolute atomic E-state index is 0.0981. The van der Waals surface area contributed by atoms with Crippen LogP contribution in [0.25, 0.3) is 0 Å². The van der Waals surface area contributed by atoms with E-state index < -0.39 is 12.0 Å². The number of nitrogens with zero attached hydrogens (tertiary/aromatic N) is 1. The Balaban J connectivity index is 2.87. The van der Waals surface area contributed by atoms with Crippen molar-refractivity contribution in [2.45, 2.75) is 12.5 Å². The summed E-state index contributed by atoms with van der Waals surface area (Å²) < 4.78 is 0. The average molecular weight is 236 g/mol. The number of guanidine groups is 1. The molecule has 0 spiro atoms. The van der Waals surface area contributed by atoms with Crippen molar-refractivity contribution in [2.75, 3.05) is 6.67 Å². The van der Waals surface area contributed by atoms with E-state index in [0.29, 0.717) is 0 Å². The molecular formula is C11H16N4O2. The lowest BCUT2D eigenvalue weighted by Crippen LogP contribution is -2.51. The van der Waals surface area contributed by atoms with E-state index in [1.165, 1.54) is 0 Å². The largest absolute Gasteiger partial charge is 0.480 e. The molecule has 0 heterocycles. The van der Waals surface area contributed by atoms with E-state index in [1.807, 2.05) is 30.3 Å². The molecule has 92 valence electrons. The van der Waals surface area contributed by atoms with E-state index in [4.69, 9.17) is 22.0 Å². The molecule has 0 aliphatic rings. The van der Waals surface area contributed by atoms with Gasteiger partial charge >= 0.3 is 5.97 Å². The Bertz CT molecular complexity index is 394. The summed E-state index contributed by atoms with van der Waals surface area (Å²) in [6, 6.07) is 8.24. The Kier molecular flexibility index (Phi) is 4.47. The smallest absolute Gasteiger partial charge is 0.326 e. The van der Waals surface area contributed by atoms with Crippen LogP contribution in [0.3, 0.4) is 0 Å². The summed E-state index contributed by atoms with van der Waals surface area (Å²) in [5.74, 6) is -1.38. The maximum atomic E-state index is 11.2. The summed E-state index contributed by atoms with van der Waals surface area (Å²) >= 11 is 0. The minimum atomic E-state index is -1.05. The van der Waals surface area contributed by atoms with Crippen molar-refractivity contribution in [1.29, 1.82) is 5.41 Å². The summed E-state index contributed by atoms with van der Waals surface area (Å²) in [5.41, 5.74) is 11.6. The minimum Gasteiger partial charge on any atom is -0.480 e. The molecule has 6 nitrogen and oxygen atoms in total. The first-order valence-electron chi connectivity index (χ1n) is 5.13. The van der Waals surface area contributed by atoms with Crippen LogP contribution >= 0.6 is 0 Å². The summed E-state index contributed by atoms with van der Waals surface area (Å²) in [6.45, 7) is -0.0981. The van der Waals surface area contributed by atoms with Gasteiger partial charge in [-0.2, -0.15) is 0 Å². The average Bonchev–Trinajstić information content (AvgIpc) is 2.29. The molecule has 0 unspecified atom stereocenters. The van der Waals surface area contributed by atoms with Gasteiger partial charge in [-0.3, -0.25) is 5.41 Å². The number of benzene rings is 1. The third-order valence-corrected chi connectivity index (χ3v) is 2.44. The molecule has 1 aromatic carbocycles. The first-order chi connectivity index (χ1) is 8.06. The van der Waals surface area contributed by atoms with E-state index in [2.05, 4.69) is 0 Å². The van der Waals surface area contributed by atoms with Crippen molar-refractivity contribution in [3.8, 4) is 0 Å². The Morgan fingerprint density at radius 1 is 1.41 bits per heavy atom. The van der Waals surface area contributed by atoms with Crippen molar-refractivity contribution in [1.82, 2.24) is 4.90 Å². The van der Waals surface area contributed by atoms with Gasteiger partial charge in [-0.1, -0.05) is 30.3 Å². The van der Waals surface area contributed by atoms with Crippen molar-refractivity contribution in [2.24, 2.45) is 11.5 Å². The van der Waals surface area contributed by atoms with Gasteiger partial charge in [-0.25, -0.2) is 4.79 Å². The van der Waals surface area contributed by atoms with Gasteiger partial charge in [0.15, 0.2) is 5.96 Å². The highest BCUT2D eigenvalue weighted by atomic mass is 16.4. The molecule has 0 amide bonds. The van der Waals surface area contributed by atoms with Crippen LogP contribution in [-0.4, -0.2) is 34.6 Å². The van der Waals surface area contributed by atoms with Gasteiger partial charge in [0.2, 0.25) is 0 Å². The quantitative estimate of drug-likeness (QED) is 0.321. The maximum absolute atomic E-state index is 11.2. The number of aliphatic carboxylic acids is 1. The number of carboxylic acid groups (broad SMARTS) is 1. The van der Waals surface area contributed by atoms with Crippen molar-refractivity contribution >= 4 is 11.9 Å². The summed E-state index contributed by atoms with van der Waals surface area (Å²) in [4.78, 5) is 12.3. The second-order valence-electron chi connectivity index (χ2n) is 3.58. The SMILES string of the molecule is N=C(N)N(CN)[C@@H](Cc1ccccc1)C(=O)O. The number of rotatable bonds is 5.